The second-order valence-electron chi connectivity index (χ2n) is 3.61. The number of carboxylic acids is 2. The molecule has 0 aliphatic carbocycles. The van der Waals surface area contributed by atoms with Crippen LogP contribution >= 0.6 is 7.60 Å². The van der Waals surface area contributed by atoms with Crippen molar-refractivity contribution in [2.45, 2.75) is 6.16 Å². The smallest absolute Gasteiger partial charge is 0.778 e. The molecule has 0 aliphatic heterocycles. The Kier molecular flexibility index (Phi) is 11.1. The van der Waals surface area contributed by atoms with Gasteiger partial charge in [-0.25, -0.2) is 0 Å². The van der Waals surface area contributed by atoms with Gasteiger partial charge < -0.3 is 38.9 Å². The molecule has 11 heteroatoms. The third kappa shape index (κ3) is 9.67. The van der Waals surface area contributed by atoms with Crippen LogP contribution < -0.4 is 79.0 Å². The van der Waals surface area contributed by atoms with E-state index in [0.717, 1.165) is 18.2 Å². The van der Waals surface area contributed by atoms with Crippen LogP contribution in [0, 0.1) is 0 Å². The van der Waals surface area contributed by atoms with E-state index in [1.165, 1.54) is 0 Å². The Hall–Kier alpha value is 0.110. The van der Waals surface area contributed by atoms with Gasteiger partial charge in [-0.05, 0) is 23.8 Å². The molecule has 104 valence electrons. The van der Waals surface area contributed by atoms with Gasteiger partial charge in [0.1, 0.15) is 20.0 Å². The minimum atomic E-state index is -4.64. The normalized spacial score (nSPS) is 12.3. The third-order valence-electron chi connectivity index (χ3n) is 1.94. The Labute approximate surface area is 164 Å². The number of hydrogen-bond donors (Lipinski definition) is 1. The van der Waals surface area contributed by atoms with Crippen molar-refractivity contribution in [3.63, 3.8) is 0 Å². The molecule has 1 aromatic rings. The molecule has 8 nitrogen and oxygen atoms in total. The standard InChI is InChI=1S/C10H11O8P.2Na/c11-9(12)4-18-8-2-6(5-19(15,16)17)1-7(3-8)10(13)14;;/h1-3H,4-5H2,(H,11,12)(H,13,14)(H2,15,16,17);;/q;2*+1/p-3. The van der Waals surface area contributed by atoms with Gasteiger partial charge in [0.05, 0.1) is 11.9 Å². The molecule has 0 saturated heterocycles. The van der Waals surface area contributed by atoms with Crippen molar-refractivity contribution in [2.24, 2.45) is 0 Å². The van der Waals surface area contributed by atoms with Crippen molar-refractivity contribution in [1.29, 1.82) is 0 Å². The fourth-order valence-electron chi connectivity index (χ4n) is 1.33. The van der Waals surface area contributed by atoms with Gasteiger partial charge in [0, 0.05) is 11.7 Å². The summed E-state index contributed by atoms with van der Waals surface area (Å²) in [5, 5.41) is 20.9. The molecule has 1 rings (SSSR count). The maximum absolute atomic E-state index is 10.7. The Morgan fingerprint density at radius 1 is 1.19 bits per heavy atom. The van der Waals surface area contributed by atoms with Crippen molar-refractivity contribution >= 4 is 19.5 Å². The van der Waals surface area contributed by atoms with Crippen molar-refractivity contribution in [1.82, 2.24) is 0 Å². The SMILES string of the molecule is O=C([O-])COc1cc(CP(=O)([O-])O)cc(C(=O)[O-])c1.[Na+].[Na+]. The molecule has 1 aromatic carbocycles. The predicted octanol–water partition coefficient (Wildman–Crippen LogP) is -8.77. The van der Waals surface area contributed by atoms with E-state index in [1.807, 2.05) is 0 Å². The zero-order chi connectivity index (χ0) is 14.6. The largest absolute Gasteiger partial charge is 1.00 e. The molecule has 1 atom stereocenters. The summed E-state index contributed by atoms with van der Waals surface area (Å²) in [5.41, 5.74) is -0.477. The first-order chi connectivity index (χ1) is 8.67. The Bertz CT molecular complexity index is 556. The van der Waals surface area contributed by atoms with Crippen molar-refractivity contribution in [2.75, 3.05) is 6.61 Å². The van der Waals surface area contributed by atoms with Gasteiger partial charge in [0.2, 0.25) is 0 Å². The molecule has 0 heterocycles. The van der Waals surface area contributed by atoms with Crippen LogP contribution in [0.3, 0.4) is 0 Å². The van der Waals surface area contributed by atoms with Crippen molar-refractivity contribution in [3.8, 4) is 5.75 Å². The zero-order valence-electron chi connectivity index (χ0n) is 11.4. The van der Waals surface area contributed by atoms with Gasteiger partial charge >= 0.3 is 59.1 Å². The quantitative estimate of drug-likeness (QED) is 0.398. The number of carbonyl (C=O) groups is 2. The summed E-state index contributed by atoms with van der Waals surface area (Å²) in [7, 11) is -4.64. The molecule has 0 spiro atoms. The van der Waals surface area contributed by atoms with Gasteiger partial charge in [0.15, 0.2) is 0 Å². The molecule has 21 heavy (non-hydrogen) atoms. The molecular formula is C10H8Na2O8P-. The van der Waals surface area contributed by atoms with Crippen molar-refractivity contribution in [3.05, 3.63) is 29.3 Å². The summed E-state index contributed by atoms with van der Waals surface area (Å²) >= 11 is 0. The van der Waals surface area contributed by atoms with E-state index in [4.69, 9.17) is 4.89 Å². The summed E-state index contributed by atoms with van der Waals surface area (Å²) < 4.78 is 15.4. The summed E-state index contributed by atoms with van der Waals surface area (Å²) in [4.78, 5) is 40.3. The van der Waals surface area contributed by atoms with Crippen LogP contribution in [-0.2, 0) is 15.5 Å². The number of carbonyl (C=O) groups excluding carboxylic acids is 2. The molecule has 0 amide bonds. The van der Waals surface area contributed by atoms with E-state index in [0.29, 0.717) is 0 Å². The average molecular weight is 333 g/mol. The summed E-state index contributed by atoms with van der Waals surface area (Å²) in [6.07, 6.45) is -0.810. The fraction of sp³-hybridized carbons (Fsp3) is 0.200. The van der Waals surface area contributed by atoms with Crippen molar-refractivity contribution < 1.29 is 98.0 Å². The number of hydrogen-bond acceptors (Lipinski definition) is 7. The van der Waals surface area contributed by atoms with E-state index in [2.05, 4.69) is 4.74 Å². The second kappa shape index (κ2) is 9.99. The molecule has 0 fully saturated rings. The van der Waals surface area contributed by atoms with Gasteiger partial charge in [-0.15, -0.1) is 0 Å². The van der Waals surface area contributed by atoms with Gasteiger partial charge in [-0.2, -0.15) is 0 Å². The van der Waals surface area contributed by atoms with Gasteiger partial charge in [0.25, 0.3) is 0 Å². The first-order valence-corrected chi connectivity index (χ1v) is 6.64. The van der Waals surface area contributed by atoms with E-state index in [-0.39, 0.29) is 70.4 Å². The molecule has 0 aromatic heterocycles. The molecule has 0 saturated carbocycles. The maximum Gasteiger partial charge on any atom is 1.00 e. The molecular weight excluding hydrogens is 325 g/mol. The molecule has 0 aliphatic rings. The maximum atomic E-state index is 10.7. The Morgan fingerprint density at radius 3 is 2.19 bits per heavy atom. The Morgan fingerprint density at radius 2 is 1.76 bits per heavy atom. The minimum Gasteiger partial charge on any atom is -0.778 e. The predicted molar refractivity (Wildman–Crippen MR) is 54.8 cm³/mol. The van der Waals surface area contributed by atoms with E-state index in [9.17, 15) is 29.3 Å². The zero-order valence-corrected chi connectivity index (χ0v) is 16.3. The Balaban J connectivity index is 0. The number of aromatic carboxylic acids is 1. The monoisotopic (exact) mass is 333 g/mol. The van der Waals surface area contributed by atoms with Gasteiger partial charge in [-0.1, -0.05) is 0 Å². The molecule has 0 bridgehead atoms. The number of aliphatic carboxylic acids is 1. The van der Waals surface area contributed by atoms with E-state index >= 15 is 0 Å². The molecule has 1 unspecified atom stereocenters. The number of benzene rings is 1. The first-order valence-electron chi connectivity index (χ1n) is 4.88. The average Bonchev–Trinajstić information content (AvgIpc) is 2.23. The number of ether oxygens (including phenoxy) is 1. The fourth-order valence-corrected chi connectivity index (χ4v) is 1.97. The van der Waals surface area contributed by atoms with Crippen LogP contribution in [0.2, 0.25) is 0 Å². The van der Waals surface area contributed by atoms with E-state index in [1.54, 1.807) is 0 Å². The third-order valence-corrected chi connectivity index (χ3v) is 2.71. The van der Waals surface area contributed by atoms with E-state index < -0.39 is 37.9 Å². The van der Waals surface area contributed by atoms with Gasteiger partial charge in [-0.3, -0.25) is 0 Å². The molecule has 1 N–H and O–H groups in total. The number of carboxylic acid groups (broad SMARTS) is 2. The summed E-state index contributed by atoms with van der Waals surface area (Å²) in [5.74, 6) is -3.31. The van der Waals surface area contributed by atoms with Crippen LogP contribution in [0.5, 0.6) is 5.75 Å². The van der Waals surface area contributed by atoms with Crippen LogP contribution in [0.25, 0.3) is 0 Å². The number of rotatable bonds is 6. The second-order valence-corrected chi connectivity index (χ2v) is 5.20. The van der Waals surface area contributed by atoms with Crippen LogP contribution in [0.1, 0.15) is 15.9 Å². The van der Waals surface area contributed by atoms with Crippen LogP contribution in [-0.4, -0.2) is 23.4 Å². The topological polar surface area (TPSA) is 150 Å². The van der Waals surface area contributed by atoms with Crippen LogP contribution in [0.4, 0.5) is 0 Å². The summed E-state index contributed by atoms with van der Waals surface area (Å²) in [6, 6.07) is 3.03. The molecule has 0 radical (unpaired) electrons. The summed E-state index contributed by atoms with van der Waals surface area (Å²) in [6.45, 7) is -0.829. The minimum absolute atomic E-state index is 0. The first kappa shape index (κ1) is 23.4. The van der Waals surface area contributed by atoms with Crippen LogP contribution in [0.15, 0.2) is 18.2 Å².